The Morgan fingerprint density at radius 1 is 1.00 bits per heavy atom. The minimum absolute atomic E-state index is 0.0340. The second kappa shape index (κ2) is 5.22. The number of rotatable bonds is 3. The maximum Gasteiger partial charge on any atom is 0.343 e. The third kappa shape index (κ3) is 3.10. The van der Waals surface area contributed by atoms with E-state index in [4.69, 9.17) is 15.6 Å². The Bertz CT molecular complexity index is 620. The lowest BCUT2D eigenvalue weighted by atomic mass is 10.1. The van der Waals surface area contributed by atoms with E-state index in [-0.39, 0.29) is 11.1 Å². The van der Waals surface area contributed by atoms with Crippen molar-refractivity contribution in [1.82, 2.24) is 0 Å². The number of nitrogen functional groups attached to an aromatic ring is 1. The molecule has 2 aromatic carbocycles. The fourth-order valence-corrected chi connectivity index (χ4v) is 1.48. The van der Waals surface area contributed by atoms with Crippen molar-refractivity contribution in [2.24, 2.45) is 0 Å². The van der Waals surface area contributed by atoms with Crippen molar-refractivity contribution >= 4 is 17.6 Å². The molecular weight excluding hydrogens is 246 g/mol. The maximum atomic E-state index is 11.8. The van der Waals surface area contributed by atoms with E-state index in [1.54, 1.807) is 24.3 Å². The number of aromatic carboxylic acids is 1. The average molecular weight is 257 g/mol. The van der Waals surface area contributed by atoms with Gasteiger partial charge in [-0.3, -0.25) is 0 Å². The molecule has 0 unspecified atom stereocenters. The molecule has 0 aliphatic rings. The van der Waals surface area contributed by atoms with Crippen LogP contribution in [0.1, 0.15) is 20.7 Å². The first-order valence-electron chi connectivity index (χ1n) is 5.47. The molecule has 5 heteroatoms. The second-order valence-corrected chi connectivity index (χ2v) is 3.84. The Kier molecular flexibility index (Phi) is 3.47. The predicted octanol–water partition coefficient (Wildman–Crippen LogP) is 2.19. The number of anilines is 1. The van der Waals surface area contributed by atoms with Gasteiger partial charge in [0.15, 0.2) is 0 Å². The Hall–Kier alpha value is -2.82. The molecule has 19 heavy (non-hydrogen) atoms. The van der Waals surface area contributed by atoms with Gasteiger partial charge in [-0.15, -0.1) is 0 Å². The van der Waals surface area contributed by atoms with Crippen LogP contribution in [0, 0.1) is 0 Å². The van der Waals surface area contributed by atoms with Gasteiger partial charge in [-0.1, -0.05) is 6.07 Å². The molecule has 5 nitrogen and oxygen atoms in total. The zero-order valence-electron chi connectivity index (χ0n) is 9.87. The van der Waals surface area contributed by atoms with Crippen LogP contribution in [0.3, 0.4) is 0 Å². The topological polar surface area (TPSA) is 89.6 Å². The normalized spacial score (nSPS) is 9.89. The SMILES string of the molecule is Nc1ccc(OC(=O)c2cccc(C(=O)O)c2)cc1. The Balaban J connectivity index is 2.18. The summed E-state index contributed by atoms with van der Waals surface area (Å²) in [6, 6.07) is 12.0. The summed E-state index contributed by atoms with van der Waals surface area (Å²) in [5.41, 5.74) is 6.29. The summed E-state index contributed by atoms with van der Waals surface area (Å²) in [6.07, 6.45) is 0. The zero-order chi connectivity index (χ0) is 13.8. The Morgan fingerprint density at radius 3 is 2.26 bits per heavy atom. The van der Waals surface area contributed by atoms with E-state index in [1.165, 1.54) is 24.3 Å². The molecule has 0 radical (unpaired) electrons. The highest BCUT2D eigenvalue weighted by Gasteiger charge is 2.11. The lowest BCUT2D eigenvalue weighted by Gasteiger charge is -2.05. The molecule has 0 saturated heterocycles. The number of carboxylic acid groups (broad SMARTS) is 1. The Labute approximate surface area is 109 Å². The van der Waals surface area contributed by atoms with Crippen molar-refractivity contribution in [2.75, 3.05) is 5.73 Å². The molecule has 0 saturated carbocycles. The van der Waals surface area contributed by atoms with Crippen molar-refractivity contribution in [3.05, 3.63) is 59.7 Å². The molecule has 0 aromatic heterocycles. The molecule has 0 aliphatic carbocycles. The highest BCUT2D eigenvalue weighted by molar-refractivity contribution is 5.95. The first-order chi connectivity index (χ1) is 9.06. The van der Waals surface area contributed by atoms with Crippen LogP contribution in [0.2, 0.25) is 0 Å². The summed E-state index contributed by atoms with van der Waals surface area (Å²) in [5, 5.41) is 8.85. The second-order valence-electron chi connectivity index (χ2n) is 3.84. The minimum atomic E-state index is -1.10. The lowest BCUT2D eigenvalue weighted by molar-refractivity contribution is 0.0697. The quantitative estimate of drug-likeness (QED) is 0.499. The van der Waals surface area contributed by atoms with Crippen molar-refractivity contribution in [2.45, 2.75) is 0 Å². The number of benzene rings is 2. The Morgan fingerprint density at radius 2 is 1.63 bits per heavy atom. The summed E-state index contributed by atoms with van der Waals surface area (Å²) >= 11 is 0. The number of carbonyl (C=O) groups excluding carboxylic acids is 1. The van der Waals surface area contributed by atoms with Gasteiger partial charge in [-0.05, 0) is 42.5 Å². The largest absolute Gasteiger partial charge is 0.478 e. The number of carboxylic acids is 1. The summed E-state index contributed by atoms with van der Waals surface area (Å²) < 4.78 is 5.10. The van der Waals surface area contributed by atoms with E-state index >= 15 is 0 Å². The van der Waals surface area contributed by atoms with Crippen LogP contribution in [-0.4, -0.2) is 17.0 Å². The number of hydrogen-bond donors (Lipinski definition) is 2. The van der Waals surface area contributed by atoms with Crippen LogP contribution in [0.15, 0.2) is 48.5 Å². The van der Waals surface area contributed by atoms with Gasteiger partial charge in [-0.2, -0.15) is 0 Å². The first kappa shape index (κ1) is 12.6. The van der Waals surface area contributed by atoms with Crippen LogP contribution < -0.4 is 10.5 Å². The van der Waals surface area contributed by atoms with Crippen molar-refractivity contribution in [3.63, 3.8) is 0 Å². The predicted molar refractivity (Wildman–Crippen MR) is 69.2 cm³/mol. The van der Waals surface area contributed by atoms with Gasteiger partial charge in [0.2, 0.25) is 0 Å². The summed E-state index contributed by atoms with van der Waals surface area (Å²) in [6.45, 7) is 0. The molecule has 0 atom stereocenters. The van der Waals surface area contributed by atoms with Gasteiger partial charge >= 0.3 is 11.9 Å². The summed E-state index contributed by atoms with van der Waals surface area (Å²) in [4.78, 5) is 22.6. The van der Waals surface area contributed by atoms with Gasteiger partial charge in [-0.25, -0.2) is 9.59 Å². The molecule has 0 amide bonds. The van der Waals surface area contributed by atoms with Gasteiger partial charge in [0.1, 0.15) is 5.75 Å². The van der Waals surface area contributed by atoms with E-state index in [0.717, 1.165) is 0 Å². The standard InChI is InChI=1S/C14H11NO4/c15-11-4-6-12(7-5-11)19-14(18)10-3-1-2-9(8-10)13(16)17/h1-8H,15H2,(H,16,17). The molecule has 3 N–H and O–H groups in total. The fourth-order valence-electron chi connectivity index (χ4n) is 1.48. The fraction of sp³-hybridized carbons (Fsp3) is 0. The van der Waals surface area contributed by atoms with Crippen LogP contribution in [0.25, 0.3) is 0 Å². The van der Waals surface area contributed by atoms with Gasteiger partial charge in [0.05, 0.1) is 11.1 Å². The van der Waals surface area contributed by atoms with E-state index in [2.05, 4.69) is 0 Å². The molecular formula is C14H11NO4. The summed E-state index contributed by atoms with van der Waals surface area (Å²) in [7, 11) is 0. The lowest BCUT2D eigenvalue weighted by Crippen LogP contribution is -2.09. The molecule has 0 fully saturated rings. The zero-order valence-corrected chi connectivity index (χ0v) is 9.87. The third-order valence-electron chi connectivity index (χ3n) is 2.44. The monoisotopic (exact) mass is 257 g/mol. The highest BCUT2D eigenvalue weighted by Crippen LogP contribution is 2.15. The molecule has 0 bridgehead atoms. The molecule has 2 aromatic rings. The van der Waals surface area contributed by atoms with Crippen LogP contribution in [-0.2, 0) is 0 Å². The van der Waals surface area contributed by atoms with Gasteiger partial charge < -0.3 is 15.6 Å². The molecule has 0 heterocycles. The van der Waals surface area contributed by atoms with E-state index in [9.17, 15) is 9.59 Å². The van der Waals surface area contributed by atoms with Crippen LogP contribution >= 0.6 is 0 Å². The van der Waals surface area contributed by atoms with E-state index in [0.29, 0.717) is 11.4 Å². The van der Waals surface area contributed by atoms with E-state index < -0.39 is 11.9 Å². The van der Waals surface area contributed by atoms with Crippen molar-refractivity contribution < 1.29 is 19.4 Å². The number of hydrogen-bond acceptors (Lipinski definition) is 4. The van der Waals surface area contributed by atoms with Gasteiger partial charge in [0.25, 0.3) is 0 Å². The third-order valence-corrected chi connectivity index (χ3v) is 2.44. The number of esters is 1. The minimum Gasteiger partial charge on any atom is -0.478 e. The maximum absolute atomic E-state index is 11.8. The van der Waals surface area contributed by atoms with E-state index in [1.807, 2.05) is 0 Å². The summed E-state index contributed by atoms with van der Waals surface area (Å²) in [5.74, 6) is -1.37. The number of ether oxygens (including phenoxy) is 1. The van der Waals surface area contributed by atoms with Crippen LogP contribution in [0.4, 0.5) is 5.69 Å². The van der Waals surface area contributed by atoms with Crippen LogP contribution in [0.5, 0.6) is 5.75 Å². The average Bonchev–Trinajstić information content (AvgIpc) is 2.41. The van der Waals surface area contributed by atoms with Crippen molar-refractivity contribution in [3.8, 4) is 5.75 Å². The van der Waals surface area contributed by atoms with Gasteiger partial charge in [0, 0.05) is 5.69 Å². The first-order valence-corrected chi connectivity index (χ1v) is 5.47. The van der Waals surface area contributed by atoms with Crippen molar-refractivity contribution in [1.29, 1.82) is 0 Å². The number of carbonyl (C=O) groups is 2. The number of nitrogens with two attached hydrogens (primary N) is 1. The molecule has 96 valence electrons. The molecule has 0 spiro atoms. The highest BCUT2D eigenvalue weighted by atomic mass is 16.5. The smallest absolute Gasteiger partial charge is 0.343 e. The molecule has 2 rings (SSSR count). The molecule has 0 aliphatic heterocycles.